The molecule has 6 rings (SSSR count). The van der Waals surface area contributed by atoms with Gasteiger partial charge in [-0.25, -0.2) is 19.9 Å². The maximum atomic E-state index is 13.1. The Morgan fingerprint density at radius 3 is 2.67 bits per heavy atom. The number of aryl methyl sites for hydroxylation is 2. The number of fused-ring (bicyclic) bond motifs is 2. The topological polar surface area (TPSA) is 83.5 Å². The quantitative estimate of drug-likeness (QED) is 0.489. The molecule has 10 heteroatoms. The predicted molar refractivity (Wildman–Crippen MR) is 115 cm³/mol. The van der Waals surface area contributed by atoms with E-state index in [0.717, 1.165) is 67.4 Å². The van der Waals surface area contributed by atoms with E-state index in [0.29, 0.717) is 11.6 Å². The van der Waals surface area contributed by atoms with Crippen LogP contribution in [0.1, 0.15) is 47.9 Å². The largest absolute Gasteiger partial charge is 0.417 e. The number of rotatable bonds is 3. The van der Waals surface area contributed by atoms with E-state index in [9.17, 15) is 13.2 Å². The summed E-state index contributed by atoms with van der Waals surface area (Å²) in [4.78, 5) is 27.4. The number of aromatic amines is 1. The Morgan fingerprint density at radius 1 is 1.06 bits per heavy atom. The zero-order chi connectivity index (χ0) is 22.8. The van der Waals surface area contributed by atoms with Gasteiger partial charge in [0.1, 0.15) is 17.5 Å². The molecule has 0 bridgehead atoms. The molecule has 0 aromatic carbocycles. The molecule has 2 aliphatic rings. The minimum Gasteiger partial charge on any atom is -0.340 e. The monoisotopic (exact) mass is 451 g/mol. The molecule has 0 unspecified atom stereocenters. The molecule has 1 aliphatic carbocycles. The van der Waals surface area contributed by atoms with Gasteiger partial charge in [0.2, 0.25) is 0 Å². The van der Waals surface area contributed by atoms with Crippen LogP contribution in [0.4, 0.5) is 24.7 Å². The summed E-state index contributed by atoms with van der Waals surface area (Å²) in [6, 6.07) is 7.03. The number of alkyl halides is 3. The lowest BCUT2D eigenvalue weighted by Crippen LogP contribution is -2.27. The van der Waals surface area contributed by atoms with Crippen LogP contribution in [0, 0.1) is 6.92 Å². The minimum absolute atomic E-state index is 0.285. The molecule has 1 fully saturated rings. The third-order valence-corrected chi connectivity index (χ3v) is 6.43. The van der Waals surface area contributed by atoms with E-state index in [2.05, 4.69) is 35.9 Å². The zero-order valence-corrected chi connectivity index (χ0v) is 17.8. The van der Waals surface area contributed by atoms with Crippen molar-refractivity contribution in [2.75, 3.05) is 11.4 Å². The van der Waals surface area contributed by atoms with E-state index < -0.39 is 17.2 Å². The number of nitrogens with zero attached hydrogens (tertiary/aromatic N) is 6. The molecule has 1 aliphatic heterocycles. The average Bonchev–Trinajstić information content (AvgIpc) is 3.50. The van der Waals surface area contributed by atoms with E-state index in [1.54, 1.807) is 6.20 Å². The van der Waals surface area contributed by atoms with E-state index in [4.69, 9.17) is 4.98 Å². The first-order chi connectivity index (χ1) is 15.8. The fourth-order valence-corrected chi connectivity index (χ4v) is 4.57. The second-order valence-electron chi connectivity index (χ2n) is 8.64. The molecular weight excluding hydrogens is 431 g/mol. The normalized spacial score (nSPS) is 17.3. The second kappa shape index (κ2) is 6.97. The molecule has 33 heavy (non-hydrogen) atoms. The van der Waals surface area contributed by atoms with Crippen molar-refractivity contribution in [2.24, 2.45) is 0 Å². The van der Waals surface area contributed by atoms with Crippen molar-refractivity contribution in [3.63, 3.8) is 0 Å². The summed E-state index contributed by atoms with van der Waals surface area (Å²) in [6.07, 6.45) is 1.61. The molecule has 0 radical (unpaired) electrons. The van der Waals surface area contributed by atoms with Crippen molar-refractivity contribution in [2.45, 2.75) is 44.2 Å². The summed E-state index contributed by atoms with van der Waals surface area (Å²) in [7, 11) is 0. The van der Waals surface area contributed by atoms with Crippen LogP contribution < -0.4 is 4.90 Å². The Kier molecular flexibility index (Phi) is 4.24. The fraction of sp³-hybridized carbons (Fsp3) is 0.348. The summed E-state index contributed by atoms with van der Waals surface area (Å²) in [5, 5.41) is 0. The molecule has 4 aromatic rings. The Morgan fingerprint density at radius 2 is 1.91 bits per heavy atom. The number of hydrogen-bond donors (Lipinski definition) is 1. The summed E-state index contributed by atoms with van der Waals surface area (Å²) in [5.41, 5.74) is 2.28. The lowest BCUT2D eigenvalue weighted by molar-refractivity contribution is -0.137. The van der Waals surface area contributed by atoms with Gasteiger partial charge in [0.15, 0.2) is 5.65 Å². The zero-order valence-electron chi connectivity index (χ0n) is 17.8. The molecule has 7 nitrogen and oxygen atoms in total. The Bertz CT molecular complexity index is 1370. The van der Waals surface area contributed by atoms with Crippen molar-refractivity contribution in [1.82, 2.24) is 29.9 Å². The van der Waals surface area contributed by atoms with Crippen LogP contribution in [-0.2, 0) is 18.0 Å². The number of anilines is 2. The van der Waals surface area contributed by atoms with Crippen LogP contribution in [-0.4, -0.2) is 36.4 Å². The number of imidazole rings is 1. The first kappa shape index (κ1) is 20.1. The first-order valence-electron chi connectivity index (χ1n) is 10.8. The lowest BCUT2D eigenvalue weighted by atomic mass is 9.98. The van der Waals surface area contributed by atoms with E-state index in [-0.39, 0.29) is 11.2 Å². The molecule has 1 N–H and O–H groups in total. The van der Waals surface area contributed by atoms with Crippen LogP contribution in [0.5, 0.6) is 0 Å². The van der Waals surface area contributed by atoms with Crippen molar-refractivity contribution in [3.05, 3.63) is 65.3 Å². The number of nitrogens with one attached hydrogen (secondary N) is 1. The molecule has 0 saturated heterocycles. The van der Waals surface area contributed by atoms with Gasteiger partial charge < -0.3 is 9.88 Å². The van der Waals surface area contributed by atoms with Crippen LogP contribution in [0.15, 0.2) is 36.7 Å². The van der Waals surface area contributed by atoms with Crippen molar-refractivity contribution < 1.29 is 13.2 Å². The van der Waals surface area contributed by atoms with Crippen LogP contribution in [0.2, 0.25) is 0 Å². The standard InChI is InChI=1S/C23H20F3N7/c1-13-27-9-6-19(29-13)33-10-2-3-15-17(33)4-5-18(30-15)22(7-8-22)21-31-16-11-14(23(24,25)26)12-28-20(16)32-21/h4-6,9,11-12H,2-3,7-8,10H2,1H3,(H,28,31,32). The first-order valence-corrected chi connectivity index (χ1v) is 10.8. The molecule has 0 atom stereocenters. The maximum Gasteiger partial charge on any atom is 0.417 e. The summed E-state index contributed by atoms with van der Waals surface area (Å²) in [6.45, 7) is 2.72. The van der Waals surface area contributed by atoms with Gasteiger partial charge in [-0.1, -0.05) is 0 Å². The predicted octanol–water partition coefficient (Wildman–Crippen LogP) is 4.63. The Hall–Kier alpha value is -3.56. The number of H-pyrrole nitrogens is 1. The Labute approximate surface area is 187 Å². The van der Waals surface area contributed by atoms with Crippen molar-refractivity contribution >= 4 is 22.7 Å². The van der Waals surface area contributed by atoms with Crippen LogP contribution in [0.25, 0.3) is 11.2 Å². The van der Waals surface area contributed by atoms with Gasteiger partial charge in [-0.2, -0.15) is 13.2 Å². The molecule has 1 saturated carbocycles. The van der Waals surface area contributed by atoms with Crippen LogP contribution in [0.3, 0.4) is 0 Å². The van der Waals surface area contributed by atoms with Gasteiger partial charge in [0.05, 0.1) is 33.6 Å². The van der Waals surface area contributed by atoms with E-state index >= 15 is 0 Å². The number of aromatic nitrogens is 6. The second-order valence-corrected chi connectivity index (χ2v) is 8.64. The van der Waals surface area contributed by atoms with Gasteiger partial charge in [0, 0.05) is 18.9 Å². The van der Waals surface area contributed by atoms with Gasteiger partial charge in [-0.15, -0.1) is 0 Å². The van der Waals surface area contributed by atoms with Gasteiger partial charge in [-0.05, 0) is 56.9 Å². The fourth-order valence-electron chi connectivity index (χ4n) is 4.57. The molecule has 4 aromatic heterocycles. The summed E-state index contributed by atoms with van der Waals surface area (Å²) >= 11 is 0. The smallest absolute Gasteiger partial charge is 0.340 e. The summed E-state index contributed by atoms with van der Waals surface area (Å²) in [5.74, 6) is 2.19. The van der Waals surface area contributed by atoms with Gasteiger partial charge in [0.25, 0.3) is 0 Å². The Balaban J connectivity index is 1.37. The molecule has 0 spiro atoms. The van der Waals surface area contributed by atoms with E-state index in [1.807, 2.05) is 19.1 Å². The number of halogens is 3. The molecule has 168 valence electrons. The van der Waals surface area contributed by atoms with Gasteiger partial charge in [-0.3, -0.25) is 4.98 Å². The van der Waals surface area contributed by atoms with Crippen molar-refractivity contribution in [1.29, 1.82) is 0 Å². The average molecular weight is 451 g/mol. The van der Waals surface area contributed by atoms with Crippen molar-refractivity contribution in [3.8, 4) is 0 Å². The molecular formula is C23H20F3N7. The van der Waals surface area contributed by atoms with Gasteiger partial charge >= 0.3 is 6.18 Å². The maximum absolute atomic E-state index is 13.1. The summed E-state index contributed by atoms with van der Waals surface area (Å²) < 4.78 is 39.2. The number of pyridine rings is 2. The third kappa shape index (κ3) is 3.32. The SMILES string of the molecule is Cc1nccc(N2CCCc3nc(C4(c5nc6ncc(C(F)(F)F)cc6[nH]5)CC4)ccc32)n1. The van der Waals surface area contributed by atoms with Crippen LogP contribution >= 0.6 is 0 Å². The highest BCUT2D eigenvalue weighted by molar-refractivity contribution is 5.72. The molecule has 0 amide bonds. The number of hydrogen-bond acceptors (Lipinski definition) is 6. The highest BCUT2D eigenvalue weighted by atomic mass is 19.4. The third-order valence-electron chi connectivity index (χ3n) is 6.43. The lowest BCUT2D eigenvalue weighted by Gasteiger charge is -2.30. The highest BCUT2D eigenvalue weighted by Gasteiger charge is 2.50. The minimum atomic E-state index is -4.45. The van der Waals surface area contributed by atoms with E-state index in [1.165, 1.54) is 0 Å². The molecule has 5 heterocycles. The highest BCUT2D eigenvalue weighted by Crippen LogP contribution is 2.52.